The van der Waals surface area contributed by atoms with Gasteiger partial charge in [0, 0.05) is 17.4 Å². The van der Waals surface area contributed by atoms with Crippen LogP contribution in [0.1, 0.15) is 18.9 Å². The van der Waals surface area contributed by atoms with E-state index in [2.05, 4.69) is 41.8 Å². The Morgan fingerprint density at radius 3 is 3.12 bits per heavy atom. The Morgan fingerprint density at radius 2 is 2.29 bits per heavy atom. The molecule has 1 aromatic carbocycles. The smallest absolute Gasteiger partial charge is 0.185 e. The van der Waals surface area contributed by atoms with Crippen molar-refractivity contribution in [2.24, 2.45) is 0 Å². The van der Waals surface area contributed by atoms with Gasteiger partial charge in [0.2, 0.25) is 0 Å². The number of fused-ring (bicyclic) bond motifs is 1. The maximum Gasteiger partial charge on any atom is 0.185 e. The Hall–Kier alpha value is -1.06. The van der Waals surface area contributed by atoms with E-state index in [1.165, 1.54) is 27.4 Å². The summed E-state index contributed by atoms with van der Waals surface area (Å²) in [5, 5.41) is 3.61. The lowest BCUT2D eigenvalue weighted by molar-refractivity contribution is -0.109. The molecule has 0 atom stereocenters. The quantitative estimate of drug-likeness (QED) is 0.750. The summed E-state index contributed by atoms with van der Waals surface area (Å²) in [5.74, 6) is 0.867. The van der Waals surface area contributed by atoms with E-state index in [4.69, 9.17) is 0 Å². The number of carbonyl (C=O) groups excluding carboxylic acids is 1. The Balaban J connectivity index is 2.00. The summed E-state index contributed by atoms with van der Waals surface area (Å²) in [6.07, 6.45) is 5.23. The summed E-state index contributed by atoms with van der Waals surface area (Å²) >= 11 is 3.16. The fraction of sp³-hybridized carbons (Fsp3) is 0.214. The average Bonchev–Trinajstić information content (AvgIpc) is 2.77. The van der Waals surface area contributed by atoms with Crippen LogP contribution in [0.3, 0.4) is 0 Å². The van der Waals surface area contributed by atoms with Crippen molar-refractivity contribution in [1.29, 1.82) is 0 Å². The summed E-state index contributed by atoms with van der Waals surface area (Å²) in [7, 11) is 0. The van der Waals surface area contributed by atoms with Crippen molar-refractivity contribution in [2.75, 3.05) is 5.75 Å². The first-order chi connectivity index (χ1) is 8.27. The molecule has 0 bridgehead atoms. The van der Waals surface area contributed by atoms with Gasteiger partial charge in [0.1, 0.15) is 0 Å². The Morgan fingerprint density at radius 1 is 1.41 bits per heavy atom. The van der Waals surface area contributed by atoms with Crippen molar-refractivity contribution < 1.29 is 4.79 Å². The molecule has 2 aromatic rings. The predicted molar refractivity (Wildman–Crippen MR) is 78.6 cm³/mol. The van der Waals surface area contributed by atoms with Gasteiger partial charge in [-0.3, -0.25) is 4.79 Å². The lowest BCUT2D eigenvalue weighted by Crippen LogP contribution is -1.83. The zero-order chi connectivity index (χ0) is 12.1. The number of hydrogen-bond acceptors (Lipinski definition) is 3. The Labute approximate surface area is 110 Å². The monoisotopic (exact) mass is 262 g/mol. The number of carbonyl (C=O) groups is 1. The maximum absolute atomic E-state index is 10.8. The third-order valence-electron chi connectivity index (χ3n) is 2.40. The summed E-state index contributed by atoms with van der Waals surface area (Å²) in [5.41, 5.74) is 1.27. The first-order valence-electron chi connectivity index (χ1n) is 5.53. The van der Waals surface area contributed by atoms with Crippen molar-refractivity contribution in [3.63, 3.8) is 0 Å². The van der Waals surface area contributed by atoms with Crippen LogP contribution in [0.25, 0.3) is 16.2 Å². The first-order valence-corrected chi connectivity index (χ1v) is 7.40. The fourth-order valence-corrected chi connectivity index (χ4v) is 3.06. The molecule has 88 valence electrons. The second-order valence-corrected chi connectivity index (χ2v) is 5.91. The van der Waals surface area contributed by atoms with Crippen molar-refractivity contribution in [1.82, 2.24) is 0 Å². The zero-order valence-electron chi connectivity index (χ0n) is 9.68. The van der Waals surface area contributed by atoms with Crippen molar-refractivity contribution in [2.45, 2.75) is 13.3 Å². The van der Waals surface area contributed by atoms with Crippen LogP contribution in [0.4, 0.5) is 0 Å². The molecule has 0 N–H and O–H groups in total. The molecule has 0 amide bonds. The molecule has 2 rings (SSSR count). The normalized spacial score (nSPS) is 11.4. The van der Waals surface area contributed by atoms with Crippen molar-refractivity contribution in [3.05, 3.63) is 41.3 Å². The van der Waals surface area contributed by atoms with Gasteiger partial charge in [-0.1, -0.05) is 42.1 Å². The third kappa shape index (κ3) is 3.45. The second kappa shape index (κ2) is 6.03. The Bertz CT molecular complexity index is 540. The zero-order valence-corrected chi connectivity index (χ0v) is 11.3. The molecule has 1 nitrogen and oxygen atoms in total. The molecule has 0 aliphatic rings. The van der Waals surface area contributed by atoms with Crippen LogP contribution in [0.15, 0.2) is 35.7 Å². The van der Waals surface area contributed by atoms with Crippen molar-refractivity contribution >= 4 is 44.4 Å². The second-order valence-electron chi connectivity index (χ2n) is 3.72. The number of thiophene rings is 1. The summed E-state index contributed by atoms with van der Waals surface area (Å²) < 4.78 is 1.34. The van der Waals surface area contributed by atoms with Gasteiger partial charge in [0.05, 0.1) is 0 Å². The number of hydrogen-bond donors (Lipinski definition) is 0. The van der Waals surface area contributed by atoms with E-state index in [-0.39, 0.29) is 5.12 Å². The van der Waals surface area contributed by atoms with Crippen molar-refractivity contribution in [3.8, 4) is 0 Å². The van der Waals surface area contributed by atoms with Gasteiger partial charge in [-0.25, -0.2) is 0 Å². The molecule has 0 saturated heterocycles. The molecule has 3 heteroatoms. The molecule has 0 aliphatic carbocycles. The molecule has 0 aliphatic heterocycles. The summed E-state index contributed by atoms with van der Waals surface area (Å²) in [6.45, 7) is 1.61. The largest absolute Gasteiger partial charge is 0.288 e. The third-order valence-corrected chi connectivity index (χ3v) is 4.22. The van der Waals surface area contributed by atoms with Crippen LogP contribution in [0, 0.1) is 0 Å². The molecule has 0 fully saturated rings. The van der Waals surface area contributed by atoms with E-state index in [9.17, 15) is 4.79 Å². The molecule has 17 heavy (non-hydrogen) atoms. The predicted octanol–water partition coefficient (Wildman–Crippen LogP) is 4.58. The first kappa shape index (κ1) is 12.4. The van der Waals surface area contributed by atoms with Gasteiger partial charge < -0.3 is 0 Å². The van der Waals surface area contributed by atoms with E-state index in [0.29, 0.717) is 0 Å². The van der Waals surface area contributed by atoms with Gasteiger partial charge >= 0.3 is 0 Å². The van der Waals surface area contributed by atoms with Gasteiger partial charge in [0.15, 0.2) is 5.12 Å². The van der Waals surface area contributed by atoms with Crippen LogP contribution >= 0.6 is 23.1 Å². The maximum atomic E-state index is 10.8. The summed E-state index contributed by atoms with van der Waals surface area (Å²) in [4.78, 5) is 10.8. The van der Waals surface area contributed by atoms with Gasteiger partial charge in [-0.15, -0.1) is 11.3 Å². The average molecular weight is 262 g/mol. The van der Waals surface area contributed by atoms with Crippen LogP contribution in [0.5, 0.6) is 0 Å². The summed E-state index contributed by atoms with van der Waals surface area (Å²) in [6, 6.07) is 8.49. The van der Waals surface area contributed by atoms with Crippen LogP contribution in [-0.2, 0) is 4.79 Å². The van der Waals surface area contributed by atoms with Crippen LogP contribution in [-0.4, -0.2) is 10.9 Å². The lowest BCUT2D eigenvalue weighted by Gasteiger charge is -1.96. The number of thioether (sulfide) groups is 1. The number of rotatable bonds is 4. The number of benzene rings is 1. The SMILES string of the molecule is CC(=O)SCCC=Cc1cccc2ccsc12. The van der Waals surface area contributed by atoms with E-state index >= 15 is 0 Å². The van der Waals surface area contributed by atoms with Crippen LogP contribution < -0.4 is 0 Å². The fourth-order valence-electron chi connectivity index (χ4n) is 1.63. The molecule has 0 saturated carbocycles. The minimum absolute atomic E-state index is 0.193. The highest BCUT2D eigenvalue weighted by Gasteiger charge is 1.98. The standard InChI is InChI=1S/C14H14OS2/c1-11(15)16-9-3-2-5-12-6-4-7-13-8-10-17-14(12)13/h2,4-8,10H,3,9H2,1H3. The highest BCUT2D eigenvalue weighted by molar-refractivity contribution is 8.13. The van der Waals surface area contributed by atoms with Gasteiger partial charge in [0.25, 0.3) is 0 Å². The van der Waals surface area contributed by atoms with Gasteiger partial charge in [-0.2, -0.15) is 0 Å². The molecule has 1 aromatic heterocycles. The molecular weight excluding hydrogens is 248 g/mol. The minimum atomic E-state index is 0.193. The minimum Gasteiger partial charge on any atom is -0.288 e. The molecule has 1 heterocycles. The molecule has 0 spiro atoms. The molecule has 0 radical (unpaired) electrons. The topological polar surface area (TPSA) is 17.1 Å². The molecule has 0 unspecified atom stereocenters. The lowest BCUT2D eigenvalue weighted by atomic mass is 10.1. The highest BCUT2D eigenvalue weighted by Crippen LogP contribution is 2.25. The highest BCUT2D eigenvalue weighted by atomic mass is 32.2. The van der Waals surface area contributed by atoms with E-state index in [0.717, 1.165) is 12.2 Å². The molecular formula is C14H14OS2. The van der Waals surface area contributed by atoms with E-state index in [1.807, 2.05) is 0 Å². The van der Waals surface area contributed by atoms with E-state index in [1.54, 1.807) is 18.3 Å². The van der Waals surface area contributed by atoms with E-state index < -0.39 is 0 Å². The van der Waals surface area contributed by atoms with Gasteiger partial charge in [-0.05, 0) is 28.8 Å². The van der Waals surface area contributed by atoms with Crippen LogP contribution in [0.2, 0.25) is 0 Å². The Kier molecular flexibility index (Phi) is 4.40. The number of allylic oxidation sites excluding steroid dienone is 1.